The fourth-order valence-corrected chi connectivity index (χ4v) is 8.11. The molecule has 47 heavy (non-hydrogen) atoms. The first kappa shape index (κ1) is 31.2. The molecule has 0 bridgehead atoms. The molecule has 4 atom stereocenters. The van der Waals surface area contributed by atoms with Gasteiger partial charge in [0.2, 0.25) is 11.8 Å². The number of carboxylic acids is 1. The summed E-state index contributed by atoms with van der Waals surface area (Å²) in [4.78, 5) is 44.6. The van der Waals surface area contributed by atoms with Gasteiger partial charge in [-0.15, -0.1) is 0 Å². The first-order valence-corrected chi connectivity index (χ1v) is 16.1. The Bertz CT molecular complexity index is 1920. The molecule has 0 aromatic heterocycles. The third kappa shape index (κ3) is 4.96. The van der Waals surface area contributed by atoms with Crippen molar-refractivity contribution in [3.05, 3.63) is 123 Å². The maximum Gasteiger partial charge on any atom is 0.335 e. The van der Waals surface area contributed by atoms with E-state index in [2.05, 4.69) is 5.32 Å². The van der Waals surface area contributed by atoms with Gasteiger partial charge in [-0.2, -0.15) is 0 Å². The number of rotatable bonds is 7. The van der Waals surface area contributed by atoms with E-state index in [4.69, 9.17) is 27.9 Å². The second kappa shape index (κ2) is 12.0. The monoisotopic (exact) mass is 673 g/mol. The number of nitrogens with zero attached hydrogens (tertiary/aromatic N) is 2. The lowest BCUT2D eigenvalue weighted by atomic mass is 9.70. The number of halogens is 3. The van der Waals surface area contributed by atoms with Crippen molar-refractivity contribution in [3.8, 4) is 5.75 Å². The van der Waals surface area contributed by atoms with Gasteiger partial charge in [-0.1, -0.05) is 53.5 Å². The Labute approximate surface area is 280 Å². The van der Waals surface area contributed by atoms with Crippen LogP contribution in [-0.2, 0) is 21.7 Å². The molecule has 4 aromatic carbocycles. The van der Waals surface area contributed by atoms with Crippen LogP contribution in [0.15, 0.2) is 84.9 Å². The minimum absolute atomic E-state index is 0.0909. The Balaban J connectivity index is 1.45. The predicted octanol–water partition coefficient (Wildman–Crippen LogP) is 7.10. The van der Waals surface area contributed by atoms with Crippen molar-refractivity contribution in [1.29, 1.82) is 0 Å². The molecule has 8 nitrogen and oxygen atoms in total. The van der Waals surface area contributed by atoms with E-state index >= 15 is 4.39 Å². The van der Waals surface area contributed by atoms with Crippen molar-refractivity contribution in [2.75, 3.05) is 23.4 Å². The fourth-order valence-electron chi connectivity index (χ4n) is 7.75. The van der Waals surface area contributed by atoms with Crippen LogP contribution >= 0.6 is 23.2 Å². The molecule has 1 spiro atoms. The lowest BCUT2D eigenvalue weighted by molar-refractivity contribution is -0.128. The highest BCUT2D eigenvalue weighted by atomic mass is 35.5. The van der Waals surface area contributed by atoms with Gasteiger partial charge in [-0.3, -0.25) is 14.5 Å². The average molecular weight is 675 g/mol. The summed E-state index contributed by atoms with van der Waals surface area (Å²) in [5.74, 6) is -3.65. The molecule has 2 N–H and O–H groups in total. The van der Waals surface area contributed by atoms with Crippen molar-refractivity contribution < 1.29 is 28.6 Å². The Hall–Kier alpha value is -4.44. The number of nitrogens with one attached hydrogen (secondary N) is 1. The zero-order valence-electron chi connectivity index (χ0n) is 25.3. The molecular formula is C36H30Cl2FN3O5. The van der Waals surface area contributed by atoms with Gasteiger partial charge in [0.25, 0.3) is 0 Å². The predicted molar refractivity (Wildman–Crippen MR) is 177 cm³/mol. The Morgan fingerprint density at radius 3 is 2.55 bits per heavy atom. The van der Waals surface area contributed by atoms with Crippen LogP contribution in [0.4, 0.5) is 15.8 Å². The number of hydrogen-bond acceptors (Lipinski definition) is 5. The van der Waals surface area contributed by atoms with Gasteiger partial charge in [-0.25, -0.2) is 9.18 Å². The number of benzene rings is 4. The van der Waals surface area contributed by atoms with Gasteiger partial charge in [0.05, 0.1) is 23.1 Å². The van der Waals surface area contributed by atoms with Crippen LogP contribution in [0.5, 0.6) is 5.75 Å². The molecular weight excluding hydrogens is 644 g/mol. The topological polar surface area (TPSA) is 99.2 Å². The molecule has 0 saturated carbocycles. The van der Waals surface area contributed by atoms with Gasteiger partial charge in [0.1, 0.15) is 17.1 Å². The summed E-state index contributed by atoms with van der Waals surface area (Å²) in [5.41, 5.74) is 1.20. The molecule has 3 aliphatic heterocycles. The summed E-state index contributed by atoms with van der Waals surface area (Å²) in [6, 6.07) is 23.0. The smallest absolute Gasteiger partial charge is 0.335 e. The van der Waals surface area contributed by atoms with E-state index in [9.17, 15) is 19.5 Å². The molecule has 0 aliphatic carbocycles. The summed E-state index contributed by atoms with van der Waals surface area (Å²) >= 11 is 12.8. The second-order valence-electron chi connectivity index (χ2n) is 12.0. The number of piperidine rings is 1. The van der Waals surface area contributed by atoms with E-state index in [1.807, 2.05) is 36.1 Å². The Morgan fingerprint density at radius 2 is 1.81 bits per heavy atom. The van der Waals surface area contributed by atoms with Crippen molar-refractivity contribution in [2.24, 2.45) is 5.92 Å². The van der Waals surface area contributed by atoms with Crippen molar-refractivity contribution in [2.45, 2.75) is 37.4 Å². The standard InChI is InChI=1S/C36H30Cl2FN3O5/c1-2-47-24-6-3-5-20(17-24)19-42-29-15-16-41(23-12-9-21(10-13-23)34(44)45)33(43)30(29)31(25-7-4-8-27(38)32(25)39)36(42)26-14-11-22(37)18-28(26)40-35(36)46/h3-14,17-18,29-31H,2,15-16,19H2,1H3,(H,40,46)(H,44,45)/t29-,30+,31?,36?/m1/s1. The van der Waals surface area contributed by atoms with E-state index in [1.54, 1.807) is 47.4 Å². The van der Waals surface area contributed by atoms with Gasteiger partial charge in [0.15, 0.2) is 0 Å². The van der Waals surface area contributed by atoms with E-state index in [-0.39, 0.29) is 34.5 Å². The number of amides is 2. The average Bonchev–Trinajstić information content (AvgIpc) is 3.50. The summed E-state index contributed by atoms with van der Waals surface area (Å²) in [6.45, 7) is 2.94. The third-order valence-corrected chi connectivity index (χ3v) is 10.1. The van der Waals surface area contributed by atoms with Crippen LogP contribution in [0.2, 0.25) is 10.0 Å². The van der Waals surface area contributed by atoms with Crippen molar-refractivity contribution >= 4 is 52.4 Å². The normalized spacial score (nSPS) is 23.5. The summed E-state index contributed by atoms with van der Waals surface area (Å²) in [5, 5.41) is 12.7. The number of aromatic carboxylic acids is 1. The highest BCUT2D eigenvalue weighted by molar-refractivity contribution is 6.31. The van der Waals surface area contributed by atoms with Gasteiger partial charge >= 0.3 is 5.97 Å². The number of carbonyl (C=O) groups excluding carboxylic acids is 2. The van der Waals surface area contributed by atoms with E-state index in [1.165, 1.54) is 18.2 Å². The summed E-state index contributed by atoms with van der Waals surface area (Å²) in [7, 11) is 0. The number of hydrogen-bond donors (Lipinski definition) is 2. The first-order chi connectivity index (χ1) is 22.6. The molecule has 240 valence electrons. The third-order valence-electron chi connectivity index (χ3n) is 9.57. The van der Waals surface area contributed by atoms with E-state index < -0.39 is 35.2 Å². The van der Waals surface area contributed by atoms with Gasteiger partial charge in [-0.05, 0) is 79.1 Å². The van der Waals surface area contributed by atoms with Gasteiger partial charge in [0, 0.05) is 47.0 Å². The molecule has 2 saturated heterocycles. The molecule has 4 aromatic rings. The molecule has 2 unspecified atom stereocenters. The lowest BCUT2D eigenvalue weighted by Gasteiger charge is -2.40. The maximum absolute atomic E-state index is 16.3. The fraction of sp³-hybridized carbons (Fsp3) is 0.250. The number of likely N-dealkylation sites (tertiary alicyclic amines) is 1. The molecule has 3 aliphatic rings. The van der Waals surface area contributed by atoms with E-state index in [0.717, 1.165) is 5.56 Å². The van der Waals surface area contributed by atoms with Crippen LogP contribution < -0.4 is 15.0 Å². The number of anilines is 2. The number of fused-ring (bicyclic) bond motifs is 3. The quantitative estimate of drug-likeness (QED) is 0.217. The van der Waals surface area contributed by atoms with Crippen LogP contribution in [0.3, 0.4) is 0 Å². The highest BCUT2D eigenvalue weighted by Crippen LogP contribution is 2.62. The molecule has 11 heteroatoms. The second-order valence-corrected chi connectivity index (χ2v) is 12.8. The molecule has 2 fully saturated rings. The van der Waals surface area contributed by atoms with Gasteiger partial charge < -0.3 is 20.1 Å². The van der Waals surface area contributed by atoms with Crippen LogP contribution in [0, 0.1) is 11.7 Å². The molecule has 7 rings (SSSR count). The zero-order chi connectivity index (χ0) is 33.0. The Kier molecular flexibility index (Phi) is 7.94. The highest BCUT2D eigenvalue weighted by Gasteiger charge is 2.69. The number of carbonyl (C=O) groups is 3. The first-order valence-electron chi connectivity index (χ1n) is 15.3. The van der Waals surface area contributed by atoms with Crippen molar-refractivity contribution in [3.63, 3.8) is 0 Å². The maximum atomic E-state index is 16.3. The minimum Gasteiger partial charge on any atom is -0.494 e. The summed E-state index contributed by atoms with van der Waals surface area (Å²) < 4.78 is 22.0. The number of ether oxygens (including phenoxy) is 1. The van der Waals surface area contributed by atoms with Crippen LogP contribution in [-0.4, -0.2) is 47.0 Å². The van der Waals surface area contributed by atoms with Crippen molar-refractivity contribution in [1.82, 2.24) is 4.90 Å². The minimum atomic E-state index is -1.51. The Morgan fingerprint density at radius 1 is 1.04 bits per heavy atom. The summed E-state index contributed by atoms with van der Waals surface area (Å²) in [6.07, 6.45) is 0.457. The largest absolute Gasteiger partial charge is 0.494 e. The van der Waals surface area contributed by atoms with E-state index in [0.29, 0.717) is 47.3 Å². The lowest BCUT2D eigenvalue weighted by Crippen LogP contribution is -2.53. The number of carboxylic acid groups (broad SMARTS) is 1. The van der Waals surface area contributed by atoms with Crippen LogP contribution in [0.25, 0.3) is 0 Å². The molecule has 0 radical (unpaired) electrons. The molecule has 3 heterocycles. The zero-order valence-corrected chi connectivity index (χ0v) is 26.8. The van der Waals surface area contributed by atoms with Crippen LogP contribution in [0.1, 0.15) is 46.3 Å². The SMILES string of the molecule is CCOc1cccc(CN2[C@@H]3CCN(c4ccc(C(=O)O)cc4)C(=O)[C@@H]3C(c3cccc(Cl)c3F)C23C(=O)Nc2cc(Cl)ccc23)c1. The molecule has 2 amide bonds.